The summed E-state index contributed by atoms with van der Waals surface area (Å²) in [6, 6.07) is 18.3. The lowest BCUT2D eigenvalue weighted by Crippen LogP contribution is -2.29. The Kier molecular flexibility index (Phi) is 4.64. The van der Waals surface area contributed by atoms with E-state index < -0.39 is 0 Å². The summed E-state index contributed by atoms with van der Waals surface area (Å²) in [5, 5.41) is 13.9. The summed E-state index contributed by atoms with van der Waals surface area (Å²) in [6.45, 7) is 0.364. The third-order valence-electron chi connectivity index (χ3n) is 4.50. The summed E-state index contributed by atoms with van der Waals surface area (Å²) in [4.78, 5) is 12.3. The highest BCUT2D eigenvalue weighted by molar-refractivity contribution is 5.90. The summed E-state index contributed by atoms with van der Waals surface area (Å²) in [5.74, 6) is 0.792. The first-order chi connectivity index (χ1) is 12.8. The fourth-order valence-corrected chi connectivity index (χ4v) is 2.99. The van der Waals surface area contributed by atoms with Gasteiger partial charge >= 0.3 is 6.03 Å². The maximum Gasteiger partial charge on any atom is 0.319 e. The van der Waals surface area contributed by atoms with Crippen LogP contribution in [0.5, 0.6) is 0 Å². The average Bonchev–Trinajstić information content (AvgIpc) is 3.40. The first-order valence-corrected chi connectivity index (χ1v) is 8.84. The number of para-hydroxylation sites is 1. The Bertz CT molecular complexity index is 886. The normalized spacial score (nSPS) is 13.4. The van der Waals surface area contributed by atoms with Gasteiger partial charge in [-0.3, -0.25) is 0 Å². The van der Waals surface area contributed by atoms with Crippen LogP contribution in [0.1, 0.15) is 35.8 Å². The highest BCUT2D eigenvalue weighted by Gasteiger charge is 2.26. The number of carbonyl (C=O) groups excluding carboxylic acids is 1. The zero-order valence-corrected chi connectivity index (χ0v) is 14.4. The Hall–Kier alpha value is -3.15. The summed E-state index contributed by atoms with van der Waals surface area (Å²) >= 11 is 0. The summed E-state index contributed by atoms with van der Waals surface area (Å²) in [6.07, 6.45) is 4.82. The molecule has 0 bridgehead atoms. The Labute approximate surface area is 152 Å². The Balaban J connectivity index is 1.39. The predicted octanol–water partition coefficient (Wildman–Crippen LogP) is 3.53. The zero-order chi connectivity index (χ0) is 17.8. The van der Waals surface area contributed by atoms with Gasteiger partial charge in [-0.2, -0.15) is 0 Å². The number of nitrogens with one attached hydrogen (secondary N) is 2. The molecule has 1 aromatic heterocycles. The van der Waals surface area contributed by atoms with E-state index in [1.165, 1.54) is 5.56 Å². The van der Waals surface area contributed by atoms with E-state index in [0.717, 1.165) is 36.3 Å². The smallest absolute Gasteiger partial charge is 0.319 e. The zero-order valence-electron chi connectivity index (χ0n) is 14.4. The van der Waals surface area contributed by atoms with Crippen molar-refractivity contribution in [2.75, 3.05) is 5.32 Å². The molecule has 0 radical (unpaired) electrons. The van der Waals surface area contributed by atoms with Gasteiger partial charge in [-0.15, -0.1) is 10.2 Å². The van der Waals surface area contributed by atoms with E-state index in [1.54, 1.807) is 6.33 Å². The number of hydrogen-bond donors (Lipinski definition) is 2. The molecule has 6 nitrogen and oxygen atoms in total. The van der Waals surface area contributed by atoms with E-state index >= 15 is 0 Å². The van der Waals surface area contributed by atoms with E-state index in [4.69, 9.17) is 0 Å². The van der Waals surface area contributed by atoms with Gasteiger partial charge in [0.2, 0.25) is 0 Å². The largest absolute Gasteiger partial charge is 0.331 e. The third kappa shape index (κ3) is 3.91. The van der Waals surface area contributed by atoms with Crippen LogP contribution in [0.3, 0.4) is 0 Å². The quantitative estimate of drug-likeness (QED) is 0.716. The van der Waals surface area contributed by atoms with E-state index in [0.29, 0.717) is 12.6 Å². The van der Waals surface area contributed by atoms with Crippen molar-refractivity contribution in [1.82, 2.24) is 20.1 Å². The van der Waals surface area contributed by atoms with Crippen molar-refractivity contribution in [3.05, 3.63) is 77.9 Å². The molecule has 1 saturated carbocycles. The molecule has 0 atom stereocenters. The molecule has 2 aromatic carbocycles. The lowest BCUT2D eigenvalue weighted by atomic mass is 10.0. The van der Waals surface area contributed by atoms with Gasteiger partial charge in [-0.05, 0) is 36.5 Å². The molecule has 2 N–H and O–H groups in total. The third-order valence-corrected chi connectivity index (χ3v) is 4.50. The average molecular weight is 347 g/mol. The first-order valence-electron chi connectivity index (χ1n) is 8.84. The van der Waals surface area contributed by atoms with Crippen molar-refractivity contribution in [2.24, 2.45) is 0 Å². The van der Waals surface area contributed by atoms with Crippen LogP contribution in [-0.4, -0.2) is 20.8 Å². The highest BCUT2D eigenvalue weighted by Crippen LogP contribution is 2.35. The van der Waals surface area contributed by atoms with Crippen molar-refractivity contribution >= 4 is 11.7 Å². The van der Waals surface area contributed by atoms with Crippen LogP contribution < -0.4 is 10.6 Å². The minimum absolute atomic E-state index is 0.240. The number of aromatic nitrogens is 3. The standard InChI is InChI=1S/C20H21N5O/c26-20(21-13-19-24-22-14-25(19)17-10-11-17)23-18-9-5-4-8-16(18)12-15-6-2-1-3-7-15/h1-9,14,17H,10-13H2,(H2,21,23,26). The van der Waals surface area contributed by atoms with Gasteiger partial charge in [0.1, 0.15) is 6.33 Å². The summed E-state index contributed by atoms with van der Waals surface area (Å²) in [7, 11) is 0. The van der Waals surface area contributed by atoms with Gasteiger partial charge in [-0.1, -0.05) is 48.5 Å². The number of nitrogens with zero attached hydrogens (tertiary/aromatic N) is 3. The topological polar surface area (TPSA) is 71.8 Å². The van der Waals surface area contributed by atoms with Crippen molar-refractivity contribution in [2.45, 2.75) is 31.8 Å². The van der Waals surface area contributed by atoms with Crippen molar-refractivity contribution < 1.29 is 4.79 Å². The van der Waals surface area contributed by atoms with Crippen LogP contribution >= 0.6 is 0 Å². The van der Waals surface area contributed by atoms with Crippen LogP contribution in [-0.2, 0) is 13.0 Å². The van der Waals surface area contributed by atoms with E-state index in [1.807, 2.05) is 47.0 Å². The fraction of sp³-hybridized carbons (Fsp3) is 0.250. The van der Waals surface area contributed by atoms with Gasteiger partial charge in [0.05, 0.1) is 6.54 Å². The van der Waals surface area contributed by atoms with E-state index in [2.05, 4.69) is 33.0 Å². The van der Waals surface area contributed by atoms with Crippen molar-refractivity contribution in [3.8, 4) is 0 Å². The number of rotatable bonds is 6. The Morgan fingerprint density at radius 2 is 1.85 bits per heavy atom. The highest BCUT2D eigenvalue weighted by atomic mass is 16.2. The molecule has 2 amide bonds. The van der Waals surface area contributed by atoms with Gasteiger partial charge in [0.25, 0.3) is 0 Å². The molecule has 1 aliphatic carbocycles. The second-order valence-corrected chi connectivity index (χ2v) is 6.51. The van der Waals surface area contributed by atoms with Crippen LogP contribution in [0.15, 0.2) is 60.9 Å². The Morgan fingerprint density at radius 3 is 2.65 bits per heavy atom. The molecule has 1 heterocycles. The molecule has 6 heteroatoms. The molecule has 0 aliphatic heterocycles. The first kappa shape index (κ1) is 16.3. The van der Waals surface area contributed by atoms with Crippen LogP contribution in [0.25, 0.3) is 0 Å². The molecular formula is C20H21N5O. The summed E-state index contributed by atoms with van der Waals surface area (Å²) in [5.41, 5.74) is 3.10. The second-order valence-electron chi connectivity index (χ2n) is 6.51. The number of anilines is 1. The van der Waals surface area contributed by atoms with Gasteiger partial charge in [0.15, 0.2) is 5.82 Å². The monoisotopic (exact) mass is 347 g/mol. The number of benzene rings is 2. The lowest BCUT2D eigenvalue weighted by Gasteiger charge is -2.12. The molecule has 0 unspecified atom stereocenters. The van der Waals surface area contributed by atoms with Crippen LogP contribution in [0.2, 0.25) is 0 Å². The molecule has 0 saturated heterocycles. The molecule has 0 spiro atoms. The van der Waals surface area contributed by atoms with Crippen LogP contribution in [0, 0.1) is 0 Å². The van der Waals surface area contributed by atoms with Gasteiger partial charge in [-0.25, -0.2) is 4.79 Å². The number of hydrogen-bond acceptors (Lipinski definition) is 3. The lowest BCUT2D eigenvalue weighted by molar-refractivity contribution is 0.251. The molecule has 1 fully saturated rings. The van der Waals surface area contributed by atoms with Gasteiger partial charge < -0.3 is 15.2 Å². The molecule has 26 heavy (non-hydrogen) atoms. The predicted molar refractivity (Wildman–Crippen MR) is 99.8 cm³/mol. The van der Waals surface area contributed by atoms with Crippen molar-refractivity contribution in [3.63, 3.8) is 0 Å². The molecule has 3 aromatic rings. The maximum absolute atomic E-state index is 12.3. The number of amides is 2. The molecule has 132 valence electrons. The number of urea groups is 1. The SMILES string of the molecule is O=C(NCc1nncn1C1CC1)Nc1ccccc1Cc1ccccc1. The summed E-state index contributed by atoms with van der Waals surface area (Å²) < 4.78 is 2.05. The molecule has 1 aliphatic rings. The second kappa shape index (κ2) is 7.39. The minimum atomic E-state index is -0.240. The molecule has 4 rings (SSSR count). The molecular weight excluding hydrogens is 326 g/mol. The van der Waals surface area contributed by atoms with E-state index in [9.17, 15) is 4.79 Å². The van der Waals surface area contributed by atoms with E-state index in [-0.39, 0.29) is 6.03 Å². The number of carbonyl (C=O) groups is 1. The van der Waals surface area contributed by atoms with Crippen LogP contribution in [0.4, 0.5) is 10.5 Å². The Morgan fingerprint density at radius 1 is 1.08 bits per heavy atom. The van der Waals surface area contributed by atoms with Crippen molar-refractivity contribution in [1.29, 1.82) is 0 Å². The minimum Gasteiger partial charge on any atom is -0.331 e. The van der Waals surface area contributed by atoms with Gasteiger partial charge in [0, 0.05) is 11.7 Å². The fourth-order valence-electron chi connectivity index (χ4n) is 2.99. The maximum atomic E-state index is 12.3.